The van der Waals surface area contributed by atoms with Crippen LogP contribution >= 0.6 is 11.6 Å². The molecule has 0 unspecified atom stereocenters. The lowest BCUT2D eigenvalue weighted by Crippen LogP contribution is -2.31. The number of nitrogens with zero attached hydrogens (tertiary/aromatic N) is 2. The van der Waals surface area contributed by atoms with Crippen LogP contribution in [0.4, 0.5) is 0 Å². The molecule has 1 saturated heterocycles. The highest BCUT2D eigenvalue weighted by atomic mass is 35.5. The Labute approximate surface area is 148 Å². The summed E-state index contributed by atoms with van der Waals surface area (Å²) in [5, 5.41) is 0.649. The Balaban J connectivity index is 1.71. The highest BCUT2D eigenvalue weighted by molar-refractivity contribution is 6.32. The van der Waals surface area contributed by atoms with Gasteiger partial charge in [0.1, 0.15) is 5.75 Å². The van der Waals surface area contributed by atoms with Gasteiger partial charge in [0, 0.05) is 38.6 Å². The molecule has 4 nitrogen and oxygen atoms in total. The van der Waals surface area contributed by atoms with E-state index < -0.39 is 0 Å². The van der Waals surface area contributed by atoms with Gasteiger partial charge in [0.2, 0.25) is 0 Å². The Morgan fingerprint density at radius 2 is 2.00 bits per heavy atom. The second-order valence-electron chi connectivity index (χ2n) is 6.13. The van der Waals surface area contributed by atoms with E-state index in [0.717, 1.165) is 39.1 Å². The first kappa shape index (κ1) is 17.2. The maximum Gasteiger partial charge on any atom is 0.137 e. The predicted octanol–water partition coefficient (Wildman–Crippen LogP) is 3.92. The van der Waals surface area contributed by atoms with Gasteiger partial charge in [-0.2, -0.15) is 0 Å². The van der Waals surface area contributed by atoms with Crippen molar-refractivity contribution in [2.45, 2.75) is 32.0 Å². The summed E-state index contributed by atoms with van der Waals surface area (Å²) in [6.07, 6.45) is 6.28. The van der Waals surface area contributed by atoms with Gasteiger partial charge in [-0.15, -0.1) is 0 Å². The molecule has 0 bridgehead atoms. The molecule has 0 N–H and O–H groups in total. The van der Waals surface area contributed by atoms with Gasteiger partial charge in [-0.3, -0.25) is 9.88 Å². The third-order valence-electron chi connectivity index (χ3n) is 4.26. The Kier molecular flexibility index (Phi) is 6.07. The zero-order chi connectivity index (χ0) is 16.8. The standard InChI is InChI=1S/C19H23ClN2O2/c1-23-19-5-4-16(11-18(19)20)13-22(14-17-3-2-10-24-17)12-15-6-8-21-9-7-15/h4-9,11,17H,2-3,10,12-14H2,1H3/t17-/m1/s1. The van der Waals surface area contributed by atoms with E-state index in [1.54, 1.807) is 7.11 Å². The number of pyridine rings is 1. The summed E-state index contributed by atoms with van der Waals surface area (Å²) < 4.78 is 11.1. The number of hydrogen-bond acceptors (Lipinski definition) is 4. The first-order chi connectivity index (χ1) is 11.7. The zero-order valence-corrected chi connectivity index (χ0v) is 14.7. The number of benzene rings is 1. The van der Waals surface area contributed by atoms with Crippen LogP contribution in [0.3, 0.4) is 0 Å². The highest BCUT2D eigenvalue weighted by Crippen LogP contribution is 2.26. The van der Waals surface area contributed by atoms with Crippen molar-refractivity contribution in [2.75, 3.05) is 20.3 Å². The van der Waals surface area contributed by atoms with Crippen LogP contribution in [0.5, 0.6) is 5.75 Å². The molecule has 0 spiro atoms. The molecule has 0 amide bonds. The van der Waals surface area contributed by atoms with Gasteiger partial charge >= 0.3 is 0 Å². The molecule has 1 aromatic carbocycles. The van der Waals surface area contributed by atoms with Gasteiger partial charge in [-0.25, -0.2) is 0 Å². The lowest BCUT2D eigenvalue weighted by Gasteiger charge is -2.25. The highest BCUT2D eigenvalue weighted by Gasteiger charge is 2.20. The molecular formula is C19H23ClN2O2. The Hall–Kier alpha value is -1.62. The van der Waals surface area contributed by atoms with Crippen LogP contribution in [-0.4, -0.2) is 36.2 Å². The first-order valence-electron chi connectivity index (χ1n) is 8.30. The van der Waals surface area contributed by atoms with Crippen molar-refractivity contribution in [2.24, 2.45) is 0 Å². The molecule has 5 heteroatoms. The van der Waals surface area contributed by atoms with Crippen molar-refractivity contribution < 1.29 is 9.47 Å². The minimum absolute atomic E-state index is 0.320. The van der Waals surface area contributed by atoms with Crippen LogP contribution in [0.15, 0.2) is 42.7 Å². The first-order valence-corrected chi connectivity index (χ1v) is 8.67. The van der Waals surface area contributed by atoms with Crippen molar-refractivity contribution in [3.05, 3.63) is 58.9 Å². The van der Waals surface area contributed by atoms with Gasteiger partial charge in [0.15, 0.2) is 0 Å². The van der Waals surface area contributed by atoms with E-state index in [1.807, 2.05) is 24.5 Å². The van der Waals surface area contributed by atoms with Crippen molar-refractivity contribution >= 4 is 11.6 Å². The van der Waals surface area contributed by atoms with Crippen LogP contribution in [0.1, 0.15) is 24.0 Å². The molecule has 128 valence electrons. The number of halogens is 1. The minimum Gasteiger partial charge on any atom is -0.495 e. The zero-order valence-electron chi connectivity index (χ0n) is 14.0. The topological polar surface area (TPSA) is 34.6 Å². The van der Waals surface area contributed by atoms with E-state index in [-0.39, 0.29) is 0 Å². The van der Waals surface area contributed by atoms with E-state index in [9.17, 15) is 0 Å². The van der Waals surface area contributed by atoms with Crippen LogP contribution in [0, 0.1) is 0 Å². The average molecular weight is 347 g/mol. The Bertz CT molecular complexity index is 645. The van der Waals surface area contributed by atoms with Gasteiger partial charge in [0.05, 0.1) is 18.2 Å². The van der Waals surface area contributed by atoms with Gasteiger partial charge < -0.3 is 9.47 Å². The summed E-state index contributed by atoms with van der Waals surface area (Å²) in [4.78, 5) is 6.50. The summed E-state index contributed by atoms with van der Waals surface area (Å²) in [5.74, 6) is 0.709. The Morgan fingerprint density at radius 1 is 1.21 bits per heavy atom. The van der Waals surface area contributed by atoms with E-state index in [0.29, 0.717) is 16.9 Å². The molecule has 1 aliphatic heterocycles. The molecule has 0 aliphatic carbocycles. The Morgan fingerprint density at radius 3 is 2.67 bits per heavy atom. The van der Waals surface area contributed by atoms with Crippen LogP contribution in [0.25, 0.3) is 0 Å². The normalized spacial score (nSPS) is 17.4. The fourth-order valence-corrected chi connectivity index (χ4v) is 3.35. The molecule has 24 heavy (non-hydrogen) atoms. The molecule has 2 aromatic rings. The molecule has 0 radical (unpaired) electrons. The molecule has 0 saturated carbocycles. The number of ether oxygens (including phenoxy) is 2. The number of methoxy groups -OCH3 is 1. The van der Waals surface area contributed by atoms with Crippen molar-refractivity contribution in [1.29, 1.82) is 0 Å². The van der Waals surface area contributed by atoms with Gasteiger partial charge in [-0.1, -0.05) is 17.7 Å². The van der Waals surface area contributed by atoms with E-state index in [1.165, 1.54) is 11.1 Å². The maximum atomic E-state index is 6.27. The fraction of sp³-hybridized carbons (Fsp3) is 0.421. The number of rotatable bonds is 7. The SMILES string of the molecule is COc1ccc(CN(Cc2ccncc2)C[C@H]2CCCO2)cc1Cl. The largest absolute Gasteiger partial charge is 0.495 e. The molecule has 1 fully saturated rings. The lowest BCUT2D eigenvalue weighted by atomic mass is 10.1. The third kappa shape index (κ3) is 4.69. The molecule has 2 heterocycles. The number of hydrogen-bond donors (Lipinski definition) is 0. The summed E-state index contributed by atoms with van der Waals surface area (Å²) in [7, 11) is 1.63. The molecule has 1 aromatic heterocycles. The van der Waals surface area contributed by atoms with Crippen molar-refractivity contribution in [3.63, 3.8) is 0 Å². The predicted molar refractivity (Wildman–Crippen MR) is 95.3 cm³/mol. The molecular weight excluding hydrogens is 324 g/mol. The quantitative estimate of drug-likeness (QED) is 0.761. The summed E-state index contributed by atoms with van der Waals surface area (Å²) in [6, 6.07) is 10.1. The minimum atomic E-state index is 0.320. The van der Waals surface area contributed by atoms with E-state index in [2.05, 4.69) is 28.1 Å². The van der Waals surface area contributed by atoms with Crippen LogP contribution in [-0.2, 0) is 17.8 Å². The summed E-state index contributed by atoms with van der Waals surface area (Å²) in [5.41, 5.74) is 2.43. The second-order valence-corrected chi connectivity index (χ2v) is 6.54. The third-order valence-corrected chi connectivity index (χ3v) is 4.56. The average Bonchev–Trinajstić information content (AvgIpc) is 3.09. The molecule has 1 atom stereocenters. The number of aromatic nitrogens is 1. The fourth-order valence-electron chi connectivity index (χ4n) is 3.07. The van der Waals surface area contributed by atoms with Crippen molar-refractivity contribution in [1.82, 2.24) is 9.88 Å². The summed E-state index contributed by atoms with van der Waals surface area (Å²) in [6.45, 7) is 3.49. The second kappa shape index (κ2) is 8.47. The van der Waals surface area contributed by atoms with E-state index >= 15 is 0 Å². The summed E-state index contributed by atoms with van der Waals surface area (Å²) >= 11 is 6.27. The smallest absolute Gasteiger partial charge is 0.137 e. The van der Waals surface area contributed by atoms with E-state index in [4.69, 9.17) is 21.1 Å². The monoisotopic (exact) mass is 346 g/mol. The maximum absolute atomic E-state index is 6.27. The lowest BCUT2D eigenvalue weighted by molar-refractivity contribution is 0.0679. The van der Waals surface area contributed by atoms with Gasteiger partial charge in [-0.05, 0) is 48.2 Å². The molecule has 1 aliphatic rings. The van der Waals surface area contributed by atoms with Gasteiger partial charge in [0.25, 0.3) is 0 Å². The van der Waals surface area contributed by atoms with Crippen LogP contribution < -0.4 is 4.74 Å². The van der Waals surface area contributed by atoms with Crippen LogP contribution in [0.2, 0.25) is 5.02 Å². The van der Waals surface area contributed by atoms with Crippen molar-refractivity contribution in [3.8, 4) is 5.75 Å². The molecule has 3 rings (SSSR count).